The number of amides is 1. The van der Waals surface area contributed by atoms with Gasteiger partial charge in [0.05, 0.1) is 24.8 Å². The van der Waals surface area contributed by atoms with Crippen LogP contribution in [0.1, 0.15) is 24.2 Å². The van der Waals surface area contributed by atoms with E-state index in [0.29, 0.717) is 6.42 Å². The van der Waals surface area contributed by atoms with Gasteiger partial charge in [0.1, 0.15) is 0 Å². The molecule has 3 rings (SSSR count). The van der Waals surface area contributed by atoms with Crippen LogP contribution in [0.15, 0.2) is 11.6 Å². The first-order chi connectivity index (χ1) is 9.19. The third-order valence-electron chi connectivity index (χ3n) is 3.64. The van der Waals surface area contributed by atoms with Gasteiger partial charge in [-0.05, 0) is 19.8 Å². The lowest BCUT2D eigenvalue weighted by Gasteiger charge is -2.22. The van der Waals surface area contributed by atoms with Crippen molar-refractivity contribution < 1.29 is 9.90 Å². The maximum atomic E-state index is 12.3. The first kappa shape index (κ1) is 12.6. The quantitative estimate of drug-likeness (QED) is 0.919. The SMILES string of the molecule is Cc1cn2c(CC(=O)N3CCC[C@@H]3CO)csc2n1. The summed E-state index contributed by atoms with van der Waals surface area (Å²) in [7, 11) is 0. The number of fused-ring (bicyclic) bond motifs is 1. The van der Waals surface area contributed by atoms with E-state index >= 15 is 0 Å². The lowest BCUT2D eigenvalue weighted by atomic mass is 10.2. The normalized spacial score (nSPS) is 19.5. The summed E-state index contributed by atoms with van der Waals surface area (Å²) in [4.78, 5) is 19.4. The largest absolute Gasteiger partial charge is 0.394 e. The molecule has 1 N–H and O–H groups in total. The minimum absolute atomic E-state index is 0.00569. The fourth-order valence-electron chi connectivity index (χ4n) is 2.68. The molecule has 0 bridgehead atoms. The molecular formula is C13H17N3O2S. The topological polar surface area (TPSA) is 57.8 Å². The Kier molecular flexibility index (Phi) is 3.28. The van der Waals surface area contributed by atoms with Crippen LogP contribution in [0.2, 0.25) is 0 Å². The van der Waals surface area contributed by atoms with Crippen molar-refractivity contribution in [1.82, 2.24) is 14.3 Å². The van der Waals surface area contributed by atoms with E-state index in [1.165, 1.54) is 0 Å². The van der Waals surface area contributed by atoms with Crippen molar-refractivity contribution >= 4 is 22.2 Å². The molecule has 0 spiro atoms. The van der Waals surface area contributed by atoms with Crippen LogP contribution in [0, 0.1) is 6.92 Å². The molecule has 2 aromatic heterocycles. The molecule has 102 valence electrons. The molecule has 1 aliphatic rings. The maximum Gasteiger partial charge on any atom is 0.228 e. The third kappa shape index (κ3) is 2.26. The zero-order valence-electron chi connectivity index (χ0n) is 10.9. The first-order valence-corrected chi connectivity index (χ1v) is 7.39. The van der Waals surface area contributed by atoms with E-state index in [9.17, 15) is 9.90 Å². The van der Waals surface area contributed by atoms with E-state index in [1.54, 1.807) is 11.3 Å². The van der Waals surface area contributed by atoms with Gasteiger partial charge in [-0.25, -0.2) is 4.98 Å². The van der Waals surface area contributed by atoms with Crippen molar-refractivity contribution in [2.75, 3.05) is 13.2 Å². The molecule has 1 atom stereocenters. The second kappa shape index (κ2) is 4.94. The lowest BCUT2D eigenvalue weighted by Crippen LogP contribution is -2.38. The molecule has 5 nitrogen and oxygen atoms in total. The summed E-state index contributed by atoms with van der Waals surface area (Å²) in [5, 5.41) is 11.3. The minimum Gasteiger partial charge on any atom is -0.394 e. The number of likely N-dealkylation sites (tertiary alicyclic amines) is 1. The Morgan fingerprint density at radius 2 is 2.47 bits per heavy atom. The number of nitrogens with zero attached hydrogens (tertiary/aromatic N) is 3. The number of aryl methyl sites for hydroxylation is 1. The van der Waals surface area contributed by atoms with Crippen LogP contribution in [-0.2, 0) is 11.2 Å². The molecule has 2 aromatic rings. The summed E-state index contributed by atoms with van der Waals surface area (Å²) < 4.78 is 1.99. The molecule has 1 aliphatic heterocycles. The summed E-state index contributed by atoms with van der Waals surface area (Å²) in [5.41, 5.74) is 1.95. The van der Waals surface area contributed by atoms with E-state index in [0.717, 1.165) is 35.7 Å². The Hall–Kier alpha value is -1.40. The van der Waals surface area contributed by atoms with Crippen LogP contribution < -0.4 is 0 Å². The first-order valence-electron chi connectivity index (χ1n) is 6.51. The Bertz CT molecular complexity index is 604. The van der Waals surface area contributed by atoms with Gasteiger partial charge < -0.3 is 10.0 Å². The van der Waals surface area contributed by atoms with Crippen LogP contribution in [-0.4, -0.2) is 44.5 Å². The number of carbonyl (C=O) groups excluding carboxylic acids is 1. The smallest absolute Gasteiger partial charge is 0.228 e. The number of imidazole rings is 1. The number of hydrogen-bond acceptors (Lipinski definition) is 4. The summed E-state index contributed by atoms with van der Waals surface area (Å²) in [6, 6.07) is 0.00569. The summed E-state index contributed by atoms with van der Waals surface area (Å²) in [5.74, 6) is 0.0996. The standard InChI is InChI=1S/C13H17N3O2S/c1-9-6-16-11(8-19-13(16)14-9)5-12(18)15-4-2-3-10(15)7-17/h6,8,10,17H,2-5,7H2,1H3/t10-/m1/s1. The predicted octanol–water partition coefficient (Wildman–Crippen LogP) is 1.23. The van der Waals surface area contributed by atoms with Crippen LogP contribution in [0.4, 0.5) is 0 Å². The van der Waals surface area contributed by atoms with Crippen LogP contribution in [0.3, 0.4) is 0 Å². The highest BCUT2D eigenvalue weighted by Gasteiger charge is 2.28. The molecule has 6 heteroatoms. The molecule has 1 fully saturated rings. The maximum absolute atomic E-state index is 12.3. The number of aliphatic hydroxyl groups is 1. The second-order valence-electron chi connectivity index (χ2n) is 5.00. The number of thiazole rings is 1. The van der Waals surface area contributed by atoms with Gasteiger partial charge in [0, 0.05) is 23.8 Å². The molecule has 0 aliphatic carbocycles. The number of hydrogen-bond donors (Lipinski definition) is 1. The number of aromatic nitrogens is 2. The van der Waals surface area contributed by atoms with Gasteiger partial charge in [0.15, 0.2) is 4.96 Å². The second-order valence-corrected chi connectivity index (χ2v) is 5.84. The fraction of sp³-hybridized carbons (Fsp3) is 0.538. The molecule has 1 amide bonds. The van der Waals surface area contributed by atoms with Crippen molar-refractivity contribution in [2.24, 2.45) is 0 Å². The summed E-state index contributed by atoms with van der Waals surface area (Å²) in [6.07, 6.45) is 4.24. The van der Waals surface area contributed by atoms with Gasteiger partial charge in [-0.1, -0.05) is 0 Å². The van der Waals surface area contributed by atoms with Gasteiger partial charge >= 0.3 is 0 Å². The van der Waals surface area contributed by atoms with Crippen LogP contribution in [0.5, 0.6) is 0 Å². The zero-order chi connectivity index (χ0) is 13.4. The number of rotatable bonds is 3. The molecule has 1 saturated heterocycles. The zero-order valence-corrected chi connectivity index (χ0v) is 11.7. The van der Waals surface area contributed by atoms with Crippen molar-refractivity contribution in [2.45, 2.75) is 32.2 Å². The summed E-state index contributed by atoms with van der Waals surface area (Å²) >= 11 is 1.56. The third-order valence-corrected chi connectivity index (χ3v) is 4.53. The Labute approximate surface area is 115 Å². The van der Waals surface area contributed by atoms with Gasteiger partial charge in [0.25, 0.3) is 0 Å². The Balaban J connectivity index is 1.79. The highest BCUT2D eigenvalue weighted by Crippen LogP contribution is 2.21. The highest BCUT2D eigenvalue weighted by molar-refractivity contribution is 7.15. The molecule has 0 saturated carbocycles. The molecule has 0 unspecified atom stereocenters. The van der Waals surface area contributed by atoms with Crippen LogP contribution in [0.25, 0.3) is 4.96 Å². The minimum atomic E-state index is 0.00569. The summed E-state index contributed by atoms with van der Waals surface area (Å²) in [6.45, 7) is 2.78. The van der Waals surface area contributed by atoms with Gasteiger partial charge in [-0.15, -0.1) is 11.3 Å². The molecule has 0 radical (unpaired) electrons. The van der Waals surface area contributed by atoms with Gasteiger partial charge in [0.2, 0.25) is 5.91 Å². The predicted molar refractivity (Wildman–Crippen MR) is 73.3 cm³/mol. The van der Waals surface area contributed by atoms with Crippen molar-refractivity contribution in [3.63, 3.8) is 0 Å². The van der Waals surface area contributed by atoms with Crippen LogP contribution >= 0.6 is 11.3 Å². The molecule has 0 aromatic carbocycles. The fourth-order valence-corrected chi connectivity index (χ4v) is 3.60. The van der Waals surface area contributed by atoms with Gasteiger partial charge in [-0.2, -0.15) is 0 Å². The lowest BCUT2D eigenvalue weighted by molar-refractivity contribution is -0.132. The van der Waals surface area contributed by atoms with Crippen molar-refractivity contribution in [3.8, 4) is 0 Å². The van der Waals surface area contributed by atoms with Gasteiger partial charge in [-0.3, -0.25) is 9.20 Å². The van der Waals surface area contributed by atoms with E-state index in [2.05, 4.69) is 4.98 Å². The number of carbonyl (C=O) groups is 1. The Morgan fingerprint density at radius 1 is 1.63 bits per heavy atom. The highest BCUT2D eigenvalue weighted by atomic mass is 32.1. The molecular weight excluding hydrogens is 262 g/mol. The van der Waals surface area contributed by atoms with Crippen molar-refractivity contribution in [3.05, 3.63) is 23.0 Å². The average Bonchev–Trinajstić information content (AvgIpc) is 3.05. The van der Waals surface area contributed by atoms with E-state index in [1.807, 2.05) is 27.8 Å². The number of aliphatic hydroxyl groups excluding tert-OH is 1. The molecule has 19 heavy (non-hydrogen) atoms. The Morgan fingerprint density at radius 3 is 3.26 bits per heavy atom. The monoisotopic (exact) mass is 279 g/mol. The average molecular weight is 279 g/mol. The molecule has 3 heterocycles. The van der Waals surface area contributed by atoms with E-state index in [4.69, 9.17) is 0 Å². The van der Waals surface area contributed by atoms with E-state index < -0.39 is 0 Å². The van der Waals surface area contributed by atoms with E-state index in [-0.39, 0.29) is 18.6 Å². The van der Waals surface area contributed by atoms with Crippen molar-refractivity contribution in [1.29, 1.82) is 0 Å².